The van der Waals surface area contributed by atoms with Crippen molar-refractivity contribution in [3.63, 3.8) is 0 Å². The van der Waals surface area contributed by atoms with Crippen molar-refractivity contribution in [2.45, 2.75) is 12.5 Å². The third-order valence-corrected chi connectivity index (χ3v) is 3.18. The van der Waals surface area contributed by atoms with Gasteiger partial charge in [0.15, 0.2) is 0 Å². The Morgan fingerprint density at radius 3 is 2.50 bits per heavy atom. The topological polar surface area (TPSA) is 38.3 Å². The molecule has 100 valence electrons. The van der Waals surface area contributed by atoms with Gasteiger partial charge in [0.05, 0.1) is 12.6 Å². The first-order chi connectivity index (χ1) is 8.56. The van der Waals surface area contributed by atoms with Gasteiger partial charge in [-0.1, -0.05) is 39.1 Å². The normalized spacial score (nSPS) is 12.2. The maximum atomic E-state index is 12.0. The molecule has 0 aliphatic rings. The molecule has 3 nitrogen and oxygen atoms in total. The molecule has 0 bridgehead atoms. The zero-order valence-corrected chi connectivity index (χ0v) is 13.0. The number of rotatable bonds is 6. The molecule has 0 radical (unpaired) electrons. The predicted octanol–water partition coefficient (Wildman–Crippen LogP) is 3.52. The molecule has 0 saturated carbocycles. The van der Waals surface area contributed by atoms with E-state index in [1.165, 1.54) is 0 Å². The number of amides is 1. The summed E-state index contributed by atoms with van der Waals surface area (Å²) in [5.74, 6) is -0.206. The van der Waals surface area contributed by atoms with Crippen LogP contribution in [-0.2, 0) is 4.74 Å². The molecule has 1 aromatic rings. The van der Waals surface area contributed by atoms with E-state index in [9.17, 15) is 4.79 Å². The third kappa shape index (κ3) is 5.14. The molecular weight excluding hydrogens is 341 g/mol. The summed E-state index contributed by atoms with van der Waals surface area (Å²) in [5, 5.41) is 4.55. The Labute approximate surface area is 125 Å². The number of alkyl halides is 1. The zero-order valence-electron chi connectivity index (χ0n) is 9.88. The average molecular weight is 355 g/mol. The van der Waals surface area contributed by atoms with Gasteiger partial charge in [-0.05, 0) is 24.6 Å². The molecule has 18 heavy (non-hydrogen) atoms. The third-order valence-electron chi connectivity index (χ3n) is 2.29. The van der Waals surface area contributed by atoms with Crippen LogP contribution in [0.3, 0.4) is 0 Å². The fourth-order valence-electron chi connectivity index (χ4n) is 1.48. The maximum Gasteiger partial charge on any atom is 0.251 e. The molecule has 1 rings (SSSR count). The van der Waals surface area contributed by atoms with Crippen molar-refractivity contribution in [3.05, 3.63) is 33.8 Å². The van der Waals surface area contributed by atoms with E-state index in [2.05, 4.69) is 21.2 Å². The van der Waals surface area contributed by atoms with E-state index in [0.717, 1.165) is 11.8 Å². The van der Waals surface area contributed by atoms with Gasteiger partial charge in [-0.3, -0.25) is 4.79 Å². The quantitative estimate of drug-likeness (QED) is 0.793. The van der Waals surface area contributed by atoms with E-state index in [1.807, 2.05) is 0 Å². The highest BCUT2D eigenvalue weighted by Gasteiger charge is 2.14. The molecule has 0 spiro atoms. The standard InChI is InChI=1S/C12H14BrCl2NO2/c1-18-7-11(2-3-13)16-12(17)8-4-9(14)6-10(15)5-8/h4-6,11H,2-3,7H2,1H3,(H,16,17). The van der Waals surface area contributed by atoms with Crippen LogP contribution in [-0.4, -0.2) is 31.0 Å². The zero-order chi connectivity index (χ0) is 13.5. The van der Waals surface area contributed by atoms with Crippen molar-refractivity contribution in [3.8, 4) is 0 Å². The van der Waals surface area contributed by atoms with Crippen LogP contribution in [0.5, 0.6) is 0 Å². The second kappa shape index (κ2) is 8.00. The fourth-order valence-corrected chi connectivity index (χ4v) is 2.56. The van der Waals surface area contributed by atoms with Crippen molar-refractivity contribution < 1.29 is 9.53 Å². The van der Waals surface area contributed by atoms with E-state index in [0.29, 0.717) is 22.2 Å². The molecule has 1 unspecified atom stereocenters. The molecular formula is C12H14BrCl2NO2. The molecule has 0 aliphatic heterocycles. The predicted molar refractivity (Wildman–Crippen MR) is 78.0 cm³/mol. The molecule has 1 atom stereocenters. The highest BCUT2D eigenvalue weighted by Crippen LogP contribution is 2.19. The number of methoxy groups -OCH3 is 1. The number of ether oxygens (including phenoxy) is 1. The molecule has 1 N–H and O–H groups in total. The summed E-state index contributed by atoms with van der Waals surface area (Å²) in [6.45, 7) is 0.464. The first kappa shape index (κ1) is 15.8. The Morgan fingerprint density at radius 2 is 2.00 bits per heavy atom. The van der Waals surface area contributed by atoms with Gasteiger partial charge in [0.2, 0.25) is 0 Å². The summed E-state index contributed by atoms with van der Waals surface area (Å²) in [7, 11) is 1.60. The molecule has 1 amide bonds. The number of carbonyl (C=O) groups is 1. The van der Waals surface area contributed by atoms with Crippen molar-refractivity contribution in [2.75, 3.05) is 19.0 Å². The van der Waals surface area contributed by atoms with E-state index in [-0.39, 0.29) is 11.9 Å². The van der Waals surface area contributed by atoms with Gasteiger partial charge in [0, 0.05) is 28.0 Å². The minimum Gasteiger partial charge on any atom is -0.383 e. The van der Waals surface area contributed by atoms with Crippen molar-refractivity contribution in [1.29, 1.82) is 0 Å². The van der Waals surface area contributed by atoms with Crippen LogP contribution >= 0.6 is 39.1 Å². The number of nitrogens with one attached hydrogen (secondary N) is 1. The van der Waals surface area contributed by atoms with Gasteiger partial charge < -0.3 is 10.1 Å². The van der Waals surface area contributed by atoms with Crippen molar-refractivity contribution >= 4 is 45.0 Å². The Hall–Kier alpha value is -0.290. The smallest absolute Gasteiger partial charge is 0.251 e. The lowest BCUT2D eigenvalue weighted by atomic mass is 10.2. The van der Waals surface area contributed by atoms with Crippen molar-refractivity contribution in [1.82, 2.24) is 5.32 Å². The first-order valence-corrected chi connectivity index (χ1v) is 7.26. The van der Waals surface area contributed by atoms with Crippen LogP contribution in [0.25, 0.3) is 0 Å². The minimum absolute atomic E-state index is 0.0420. The highest BCUT2D eigenvalue weighted by molar-refractivity contribution is 9.09. The molecule has 0 heterocycles. The van der Waals surface area contributed by atoms with Gasteiger partial charge >= 0.3 is 0 Å². The van der Waals surface area contributed by atoms with Gasteiger partial charge in [0.1, 0.15) is 0 Å². The van der Waals surface area contributed by atoms with Gasteiger partial charge in [-0.2, -0.15) is 0 Å². The second-order valence-electron chi connectivity index (χ2n) is 3.76. The van der Waals surface area contributed by atoms with E-state index >= 15 is 0 Å². The van der Waals surface area contributed by atoms with E-state index in [4.69, 9.17) is 27.9 Å². The Kier molecular flexibility index (Phi) is 7.00. The first-order valence-electron chi connectivity index (χ1n) is 5.38. The molecule has 0 aromatic heterocycles. The summed E-state index contributed by atoms with van der Waals surface area (Å²) in [6, 6.07) is 4.71. The molecule has 0 fully saturated rings. The van der Waals surface area contributed by atoms with Crippen LogP contribution < -0.4 is 5.32 Å². The number of benzene rings is 1. The Balaban J connectivity index is 2.73. The monoisotopic (exact) mass is 353 g/mol. The van der Waals surface area contributed by atoms with Crippen LogP contribution in [0.4, 0.5) is 0 Å². The average Bonchev–Trinajstić information content (AvgIpc) is 2.28. The van der Waals surface area contributed by atoms with Crippen LogP contribution in [0.15, 0.2) is 18.2 Å². The summed E-state index contributed by atoms with van der Waals surface area (Å²) < 4.78 is 5.05. The van der Waals surface area contributed by atoms with Crippen LogP contribution in [0.2, 0.25) is 10.0 Å². The number of carbonyl (C=O) groups excluding carboxylic acids is 1. The number of hydrogen-bond acceptors (Lipinski definition) is 2. The lowest BCUT2D eigenvalue weighted by Crippen LogP contribution is -2.38. The fraction of sp³-hybridized carbons (Fsp3) is 0.417. The van der Waals surface area contributed by atoms with Gasteiger partial charge in [0.25, 0.3) is 5.91 Å². The summed E-state index contributed by atoms with van der Waals surface area (Å²) in [4.78, 5) is 12.0. The number of hydrogen-bond donors (Lipinski definition) is 1. The summed E-state index contributed by atoms with van der Waals surface area (Å²) >= 11 is 15.1. The maximum absolute atomic E-state index is 12.0. The molecule has 0 saturated heterocycles. The van der Waals surface area contributed by atoms with E-state index < -0.39 is 0 Å². The molecule has 1 aromatic carbocycles. The molecule has 0 aliphatic carbocycles. The largest absolute Gasteiger partial charge is 0.383 e. The Morgan fingerprint density at radius 1 is 1.39 bits per heavy atom. The van der Waals surface area contributed by atoms with Gasteiger partial charge in [-0.15, -0.1) is 0 Å². The van der Waals surface area contributed by atoms with Gasteiger partial charge in [-0.25, -0.2) is 0 Å². The second-order valence-corrected chi connectivity index (χ2v) is 5.43. The lowest BCUT2D eigenvalue weighted by Gasteiger charge is -2.17. The SMILES string of the molecule is COCC(CCBr)NC(=O)c1cc(Cl)cc(Cl)c1. The molecule has 6 heteroatoms. The summed E-state index contributed by atoms with van der Waals surface area (Å²) in [5.41, 5.74) is 0.447. The van der Waals surface area contributed by atoms with Crippen LogP contribution in [0.1, 0.15) is 16.8 Å². The summed E-state index contributed by atoms with van der Waals surface area (Å²) in [6.07, 6.45) is 0.786. The van der Waals surface area contributed by atoms with Crippen molar-refractivity contribution in [2.24, 2.45) is 0 Å². The minimum atomic E-state index is -0.206. The lowest BCUT2D eigenvalue weighted by molar-refractivity contribution is 0.0895. The highest BCUT2D eigenvalue weighted by atomic mass is 79.9. The van der Waals surface area contributed by atoms with E-state index in [1.54, 1.807) is 25.3 Å². The number of halogens is 3. The Bertz CT molecular complexity index is 389. The van der Waals surface area contributed by atoms with Crippen LogP contribution in [0, 0.1) is 0 Å².